The van der Waals surface area contributed by atoms with Gasteiger partial charge in [0, 0.05) is 48.6 Å². The lowest BCUT2D eigenvalue weighted by molar-refractivity contribution is 0.627. The van der Waals surface area contributed by atoms with Gasteiger partial charge in [0.15, 0.2) is 5.65 Å². The van der Waals surface area contributed by atoms with Gasteiger partial charge in [0.2, 0.25) is 0 Å². The van der Waals surface area contributed by atoms with E-state index in [4.69, 9.17) is 0 Å². The fraction of sp³-hybridized carbons (Fsp3) is 0.333. The molecule has 1 N–H and O–H groups in total. The van der Waals surface area contributed by atoms with E-state index in [1.807, 2.05) is 28.5 Å². The molecule has 0 spiro atoms. The SMILES string of the molecule is Cc1nc2ccnn2c(N2Cc3[nH]cnc3C(c3cnn(C)c3)C2)c1C. The smallest absolute Gasteiger partial charge is 0.157 e. The second-order valence-electron chi connectivity index (χ2n) is 6.89. The van der Waals surface area contributed by atoms with E-state index in [1.54, 1.807) is 12.5 Å². The van der Waals surface area contributed by atoms with Gasteiger partial charge in [0.05, 0.1) is 36.7 Å². The summed E-state index contributed by atoms with van der Waals surface area (Å²) in [5, 5.41) is 8.86. The molecule has 26 heavy (non-hydrogen) atoms. The maximum Gasteiger partial charge on any atom is 0.157 e. The molecule has 132 valence electrons. The molecule has 5 rings (SSSR count). The third-order valence-electron chi connectivity index (χ3n) is 5.24. The van der Waals surface area contributed by atoms with Gasteiger partial charge in [-0.3, -0.25) is 4.68 Å². The topological polar surface area (TPSA) is 79.9 Å². The number of imidazole rings is 1. The zero-order valence-electron chi connectivity index (χ0n) is 15.0. The molecule has 5 heterocycles. The van der Waals surface area contributed by atoms with Crippen LogP contribution in [0.15, 0.2) is 31.0 Å². The standard InChI is InChI=1S/C18H20N8/c1-11-12(2)23-16-4-5-21-26(16)18(11)25-8-14(13-6-22-24(3)7-13)17-15(9-25)19-10-20-17/h4-7,10,14H,8-9H2,1-3H3,(H,19,20). The summed E-state index contributed by atoms with van der Waals surface area (Å²) in [6.45, 7) is 5.75. The molecule has 1 unspecified atom stereocenters. The summed E-state index contributed by atoms with van der Waals surface area (Å²) < 4.78 is 3.78. The van der Waals surface area contributed by atoms with E-state index >= 15 is 0 Å². The highest BCUT2D eigenvalue weighted by atomic mass is 15.4. The molecule has 0 bridgehead atoms. The molecule has 0 aliphatic carbocycles. The Morgan fingerprint density at radius 3 is 2.92 bits per heavy atom. The largest absolute Gasteiger partial charge is 0.349 e. The Kier molecular flexibility index (Phi) is 3.15. The molecular weight excluding hydrogens is 328 g/mol. The zero-order valence-corrected chi connectivity index (χ0v) is 15.0. The first-order valence-electron chi connectivity index (χ1n) is 8.68. The van der Waals surface area contributed by atoms with Crippen LogP contribution in [0.1, 0.15) is 34.1 Å². The number of nitrogens with one attached hydrogen (secondary N) is 1. The van der Waals surface area contributed by atoms with Gasteiger partial charge < -0.3 is 9.88 Å². The molecule has 0 amide bonds. The van der Waals surface area contributed by atoms with Gasteiger partial charge in [-0.15, -0.1) is 0 Å². The van der Waals surface area contributed by atoms with E-state index in [1.165, 1.54) is 5.56 Å². The van der Waals surface area contributed by atoms with Gasteiger partial charge in [-0.1, -0.05) is 0 Å². The van der Waals surface area contributed by atoms with Crippen LogP contribution >= 0.6 is 0 Å². The third kappa shape index (κ3) is 2.15. The van der Waals surface area contributed by atoms with Crippen molar-refractivity contribution in [3.8, 4) is 0 Å². The maximum atomic E-state index is 4.65. The van der Waals surface area contributed by atoms with Crippen molar-refractivity contribution in [2.75, 3.05) is 11.4 Å². The van der Waals surface area contributed by atoms with Crippen molar-refractivity contribution < 1.29 is 0 Å². The number of aromatic nitrogens is 7. The van der Waals surface area contributed by atoms with Crippen molar-refractivity contribution in [1.29, 1.82) is 0 Å². The van der Waals surface area contributed by atoms with E-state index in [0.29, 0.717) is 0 Å². The van der Waals surface area contributed by atoms with Crippen LogP contribution in [0.3, 0.4) is 0 Å². The summed E-state index contributed by atoms with van der Waals surface area (Å²) in [4.78, 5) is 14.9. The lowest BCUT2D eigenvalue weighted by Crippen LogP contribution is -2.36. The molecule has 8 nitrogen and oxygen atoms in total. The number of anilines is 1. The van der Waals surface area contributed by atoms with Crippen molar-refractivity contribution in [3.63, 3.8) is 0 Å². The van der Waals surface area contributed by atoms with Crippen molar-refractivity contribution in [2.45, 2.75) is 26.3 Å². The van der Waals surface area contributed by atoms with Gasteiger partial charge in [-0.25, -0.2) is 9.97 Å². The molecule has 1 aliphatic heterocycles. The highest BCUT2D eigenvalue weighted by molar-refractivity contribution is 5.58. The monoisotopic (exact) mass is 348 g/mol. The average molecular weight is 348 g/mol. The minimum absolute atomic E-state index is 0.164. The Hall–Kier alpha value is -3.16. The lowest BCUT2D eigenvalue weighted by atomic mass is 9.93. The van der Waals surface area contributed by atoms with Crippen molar-refractivity contribution in [2.24, 2.45) is 7.05 Å². The number of aromatic amines is 1. The first-order valence-corrected chi connectivity index (χ1v) is 8.68. The van der Waals surface area contributed by atoms with Crippen LogP contribution in [0.25, 0.3) is 5.65 Å². The highest BCUT2D eigenvalue weighted by Crippen LogP contribution is 2.35. The number of rotatable bonds is 2. The van der Waals surface area contributed by atoms with E-state index in [2.05, 4.69) is 50.1 Å². The van der Waals surface area contributed by atoms with Gasteiger partial charge in [-0.05, 0) is 13.8 Å². The second-order valence-corrected chi connectivity index (χ2v) is 6.89. The minimum atomic E-state index is 0.164. The Labute approximate surface area is 150 Å². The van der Waals surface area contributed by atoms with Crippen LogP contribution < -0.4 is 4.90 Å². The first kappa shape index (κ1) is 15.1. The van der Waals surface area contributed by atoms with Gasteiger partial charge in [0.25, 0.3) is 0 Å². The van der Waals surface area contributed by atoms with Gasteiger partial charge in [0.1, 0.15) is 5.82 Å². The van der Waals surface area contributed by atoms with E-state index in [0.717, 1.165) is 47.2 Å². The third-order valence-corrected chi connectivity index (χ3v) is 5.24. The molecule has 1 aliphatic rings. The Morgan fingerprint density at radius 1 is 1.23 bits per heavy atom. The zero-order chi connectivity index (χ0) is 17.8. The van der Waals surface area contributed by atoms with Crippen LogP contribution in [0, 0.1) is 13.8 Å². The Morgan fingerprint density at radius 2 is 2.12 bits per heavy atom. The molecule has 0 radical (unpaired) electrons. The van der Waals surface area contributed by atoms with E-state index < -0.39 is 0 Å². The number of nitrogens with zero attached hydrogens (tertiary/aromatic N) is 7. The fourth-order valence-electron chi connectivity index (χ4n) is 3.86. The number of aryl methyl sites for hydroxylation is 2. The molecule has 8 heteroatoms. The highest BCUT2D eigenvalue weighted by Gasteiger charge is 2.32. The second kappa shape index (κ2) is 5.42. The quantitative estimate of drug-likeness (QED) is 0.599. The molecule has 0 saturated carbocycles. The van der Waals surface area contributed by atoms with Crippen LogP contribution in [-0.4, -0.2) is 40.9 Å². The van der Waals surface area contributed by atoms with Crippen LogP contribution in [0.4, 0.5) is 5.82 Å². The van der Waals surface area contributed by atoms with Crippen molar-refractivity contribution >= 4 is 11.5 Å². The number of hydrogen-bond acceptors (Lipinski definition) is 5. The van der Waals surface area contributed by atoms with Crippen LogP contribution in [0.5, 0.6) is 0 Å². The predicted octanol–water partition coefficient (Wildman–Crippen LogP) is 1.95. The molecule has 0 saturated heterocycles. The summed E-state index contributed by atoms with van der Waals surface area (Å²) in [6, 6.07) is 1.94. The Bertz CT molecular complexity index is 1100. The average Bonchev–Trinajstić information content (AvgIpc) is 3.35. The summed E-state index contributed by atoms with van der Waals surface area (Å²) in [5.74, 6) is 1.25. The predicted molar refractivity (Wildman–Crippen MR) is 97.1 cm³/mol. The van der Waals surface area contributed by atoms with E-state index in [9.17, 15) is 0 Å². The summed E-state index contributed by atoms with van der Waals surface area (Å²) >= 11 is 0. The number of fused-ring (bicyclic) bond motifs is 2. The van der Waals surface area contributed by atoms with Crippen molar-refractivity contribution in [1.82, 2.24) is 34.3 Å². The summed E-state index contributed by atoms with van der Waals surface area (Å²) in [5.41, 5.74) is 6.46. The maximum absolute atomic E-state index is 4.65. The molecule has 4 aromatic heterocycles. The Balaban J connectivity index is 1.66. The lowest BCUT2D eigenvalue weighted by Gasteiger charge is -2.34. The van der Waals surface area contributed by atoms with E-state index in [-0.39, 0.29) is 5.92 Å². The normalized spacial score (nSPS) is 17.0. The van der Waals surface area contributed by atoms with Gasteiger partial charge in [-0.2, -0.15) is 14.7 Å². The summed E-state index contributed by atoms with van der Waals surface area (Å²) in [7, 11) is 1.94. The first-order chi connectivity index (χ1) is 12.6. The molecule has 0 fully saturated rings. The molecule has 4 aromatic rings. The van der Waals surface area contributed by atoms with Crippen LogP contribution in [-0.2, 0) is 13.6 Å². The minimum Gasteiger partial charge on any atom is -0.349 e. The molecular formula is C18H20N8. The molecule has 1 atom stereocenters. The van der Waals surface area contributed by atoms with Crippen molar-refractivity contribution in [3.05, 3.63) is 59.2 Å². The molecule has 0 aromatic carbocycles. The fourth-order valence-corrected chi connectivity index (χ4v) is 3.86. The van der Waals surface area contributed by atoms with Gasteiger partial charge >= 0.3 is 0 Å². The number of H-pyrrole nitrogens is 1. The van der Waals surface area contributed by atoms with Crippen LogP contribution in [0.2, 0.25) is 0 Å². The number of hydrogen-bond donors (Lipinski definition) is 1. The summed E-state index contributed by atoms with van der Waals surface area (Å²) in [6.07, 6.45) is 7.59.